The van der Waals surface area contributed by atoms with Gasteiger partial charge in [-0.05, 0) is 31.6 Å². The van der Waals surface area contributed by atoms with Gasteiger partial charge in [0.05, 0.1) is 0 Å². The predicted octanol–water partition coefficient (Wildman–Crippen LogP) is 3.56. The highest BCUT2D eigenvalue weighted by Gasteiger charge is 2.32. The molecule has 0 aromatic heterocycles. The van der Waals surface area contributed by atoms with Gasteiger partial charge in [-0.1, -0.05) is 26.2 Å². The number of hydrogen-bond donors (Lipinski definition) is 1. The zero-order chi connectivity index (χ0) is 10.4. The Bertz CT molecular complexity index is 152. The maximum absolute atomic E-state index is 6.09. The van der Waals surface area contributed by atoms with Crippen LogP contribution in [0.3, 0.4) is 0 Å². The molecule has 1 aliphatic carbocycles. The Kier molecular flexibility index (Phi) is 5.25. The Balaban J connectivity index is 2.27. The Labute approximate surface area is 93.6 Å². The van der Waals surface area contributed by atoms with E-state index in [9.17, 15) is 0 Å². The van der Waals surface area contributed by atoms with Gasteiger partial charge in [-0.25, -0.2) is 0 Å². The fourth-order valence-electron chi connectivity index (χ4n) is 2.41. The largest absolute Gasteiger partial charge is 0.314 e. The molecule has 2 heteroatoms. The first-order valence-corrected chi connectivity index (χ1v) is 6.55. The first-order valence-electron chi connectivity index (χ1n) is 6.02. The van der Waals surface area contributed by atoms with Crippen molar-refractivity contribution in [2.45, 2.75) is 58.4 Å². The second-order valence-electron chi connectivity index (χ2n) is 4.91. The van der Waals surface area contributed by atoms with Crippen molar-refractivity contribution in [3.8, 4) is 0 Å². The zero-order valence-corrected chi connectivity index (χ0v) is 10.4. The summed E-state index contributed by atoms with van der Waals surface area (Å²) in [6, 6.07) is 0.653. The van der Waals surface area contributed by atoms with Crippen molar-refractivity contribution < 1.29 is 0 Å². The minimum atomic E-state index is 0.420. The van der Waals surface area contributed by atoms with Gasteiger partial charge in [-0.2, -0.15) is 0 Å². The van der Waals surface area contributed by atoms with Gasteiger partial charge in [0, 0.05) is 18.5 Å². The Morgan fingerprint density at radius 1 is 1.36 bits per heavy atom. The van der Waals surface area contributed by atoms with Crippen LogP contribution in [-0.2, 0) is 0 Å². The molecule has 1 aliphatic rings. The lowest BCUT2D eigenvalue weighted by Gasteiger charge is -2.28. The maximum Gasteiger partial charge on any atom is 0.0292 e. The van der Waals surface area contributed by atoms with Crippen LogP contribution in [0.4, 0.5) is 0 Å². The molecule has 84 valence electrons. The lowest BCUT2D eigenvalue weighted by molar-refractivity contribution is 0.301. The second kappa shape index (κ2) is 5.97. The van der Waals surface area contributed by atoms with Crippen molar-refractivity contribution in [2.24, 2.45) is 5.41 Å². The lowest BCUT2D eigenvalue weighted by Crippen LogP contribution is -2.38. The van der Waals surface area contributed by atoms with Crippen molar-refractivity contribution >= 4 is 11.6 Å². The van der Waals surface area contributed by atoms with Crippen molar-refractivity contribution in [2.75, 3.05) is 12.4 Å². The molecule has 1 saturated carbocycles. The third-order valence-corrected chi connectivity index (χ3v) is 4.06. The van der Waals surface area contributed by atoms with Crippen molar-refractivity contribution in [3.05, 3.63) is 0 Å². The first kappa shape index (κ1) is 12.3. The molecule has 0 aromatic rings. The van der Waals surface area contributed by atoms with Crippen LogP contribution in [0, 0.1) is 5.41 Å². The van der Waals surface area contributed by atoms with Crippen LogP contribution in [0.5, 0.6) is 0 Å². The third kappa shape index (κ3) is 3.43. The van der Waals surface area contributed by atoms with Crippen LogP contribution in [0.25, 0.3) is 0 Å². The monoisotopic (exact) mass is 217 g/mol. The summed E-state index contributed by atoms with van der Waals surface area (Å²) >= 11 is 6.09. The van der Waals surface area contributed by atoms with E-state index in [1.54, 1.807) is 0 Å². The van der Waals surface area contributed by atoms with E-state index in [1.807, 2.05) is 0 Å². The maximum atomic E-state index is 6.09. The highest BCUT2D eigenvalue weighted by Crippen LogP contribution is 2.38. The normalized spacial score (nSPS) is 22.5. The van der Waals surface area contributed by atoms with E-state index >= 15 is 0 Å². The van der Waals surface area contributed by atoms with Gasteiger partial charge >= 0.3 is 0 Å². The molecule has 0 saturated heterocycles. The summed E-state index contributed by atoms with van der Waals surface area (Å²) in [5, 5.41) is 3.63. The molecule has 0 aliphatic heterocycles. The molecule has 1 rings (SSSR count). The van der Waals surface area contributed by atoms with Crippen molar-refractivity contribution in [1.82, 2.24) is 5.32 Å². The molecule has 0 radical (unpaired) electrons. The van der Waals surface area contributed by atoms with E-state index in [1.165, 1.54) is 38.5 Å². The number of hydrogen-bond acceptors (Lipinski definition) is 1. The summed E-state index contributed by atoms with van der Waals surface area (Å²) in [7, 11) is 0. The summed E-state index contributed by atoms with van der Waals surface area (Å²) in [6.07, 6.45) is 7.93. The van der Waals surface area contributed by atoms with E-state index in [0.29, 0.717) is 11.5 Å². The van der Waals surface area contributed by atoms with Crippen LogP contribution in [0.2, 0.25) is 0 Å². The minimum Gasteiger partial charge on any atom is -0.314 e. The van der Waals surface area contributed by atoms with Gasteiger partial charge in [0.25, 0.3) is 0 Å². The molecule has 0 spiro atoms. The second-order valence-corrected chi connectivity index (χ2v) is 5.18. The van der Waals surface area contributed by atoms with Crippen LogP contribution >= 0.6 is 11.6 Å². The van der Waals surface area contributed by atoms with Crippen molar-refractivity contribution in [1.29, 1.82) is 0 Å². The van der Waals surface area contributed by atoms with Gasteiger partial charge in [0.1, 0.15) is 0 Å². The quantitative estimate of drug-likeness (QED) is 0.671. The van der Waals surface area contributed by atoms with Gasteiger partial charge in [0.15, 0.2) is 0 Å². The first-order chi connectivity index (χ1) is 6.72. The fourth-order valence-corrected chi connectivity index (χ4v) is 2.77. The van der Waals surface area contributed by atoms with Gasteiger partial charge in [0.2, 0.25) is 0 Å². The molecule has 14 heavy (non-hydrogen) atoms. The van der Waals surface area contributed by atoms with Crippen molar-refractivity contribution in [3.63, 3.8) is 0 Å². The third-order valence-electron chi connectivity index (χ3n) is 3.49. The van der Waals surface area contributed by atoms with E-state index in [0.717, 1.165) is 12.4 Å². The number of rotatable bonds is 6. The van der Waals surface area contributed by atoms with E-state index in [4.69, 9.17) is 11.6 Å². The van der Waals surface area contributed by atoms with Crippen LogP contribution in [0.15, 0.2) is 0 Å². The SMILES string of the molecule is CCCC(C)NCC1(CCl)CCCC1. The molecule has 1 fully saturated rings. The lowest BCUT2D eigenvalue weighted by atomic mass is 9.88. The predicted molar refractivity (Wildman–Crippen MR) is 64.0 cm³/mol. The average molecular weight is 218 g/mol. The fraction of sp³-hybridized carbons (Fsp3) is 1.00. The van der Waals surface area contributed by atoms with Crippen LogP contribution < -0.4 is 5.32 Å². The highest BCUT2D eigenvalue weighted by atomic mass is 35.5. The number of alkyl halides is 1. The summed E-state index contributed by atoms with van der Waals surface area (Å²) < 4.78 is 0. The zero-order valence-electron chi connectivity index (χ0n) is 9.61. The smallest absolute Gasteiger partial charge is 0.0292 e. The highest BCUT2D eigenvalue weighted by molar-refractivity contribution is 6.18. The summed E-state index contributed by atoms with van der Waals surface area (Å²) in [4.78, 5) is 0. The molecule has 0 heterocycles. The molecule has 0 aromatic carbocycles. The summed E-state index contributed by atoms with van der Waals surface area (Å²) in [5.74, 6) is 0.832. The van der Waals surface area contributed by atoms with Crippen LogP contribution in [0.1, 0.15) is 52.4 Å². The molecule has 1 N–H and O–H groups in total. The Morgan fingerprint density at radius 3 is 2.50 bits per heavy atom. The van der Waals surface area contributed by atoms with Gasteiger partial charge < -0.3 is 5.32 Å². The molecular formula is C12H24ClN. The summed E-state index contributed by atoms with van der Waals surface area (Å²) in [5.41, 5.74) is 0.420. The Morgan fingerprint density at radius 2 is 2.00 bits per heavy atom. The number of halogens is 1. The molecular weight excluding hydrogens is 194 g/mol. The minimum absolute atomic E-state index is 0.420. The van der Waals surface area contributed by atoms with Crippen LogP contribution in [-0.4, -0.2) is 18.5 Å². The molecule has 1 unspecified atom stereocenters. The average Bonchev–Trinajstić information content (AvgIpc) is 2.65. The number of nitrogens with one attached hydrogen (secondary N) is 1. The van der Waals surface area contributed by atoms with Gasteiger partial charge in [-0.15, -0.1) is 11.6 Å². The molecule has 0 bridgehead atoms. The Hall–Kier alpha value is 0.250. The van der Waals surface area contributed by atoms with E-state index < -0.39 is 0 Å². The summed E-state index contributed by atoms with van der Waals surface area (Å²) in [6.45, 7) is 5.64. The molecule has 0 amide bonds. The molecule has 1 nitrogen and oxygen atoms in total. The molecule has 1 atom stereocenters. The van der Waals surface area contributed by atoms with Gasteiger partial charge in [-0.3, -0.25) is 0 Å². The topological polar surface area (TPSA) is 12.0 Å². The standard InChI is InChI=1S/C12H24ClN/c1-3-6-11(2)14-10-12(9-13)7-4-5-8-12/h11,14H,3-10H2,1-2H3. The van der Waals surface area contributed by atoms with E-state index in [-0.39, 0.29) is 0 Å². The van der Waals surface area contributed by atoms with E-state index in [2.05, 4.69) is 19.2 Å².